The summed E-state index contributed by atoms with van der Waals surface area (Å²) < 4.78 is 5.87. The third-order valence-electron chi connectivity index (χ3n) is 9.50. The van der Waals surface area contributed by atoms with Gasteiger partial charge in [-0.15, -0.1) is 0 Å². The Labute approximate surface area is 320 Å². The molecule has 274 valence electrons. The maximum absolute atomic E-state index is 13.5. The number of halogens is 4. The van der Waals surface area contributed by atoms with Crippen LogP contribution < -0.4 is 0 Å². The molecule has 0 N–H and O–H groups in total. The van der Waals surface area contributed by atoms with Crippen LogP contribution in [0.3, 0.4) is 0 Å². The van der Waals surface area contributed by atoms with Crippen molar-refractivity contribution in [1.29, 1.82) is 0 Å². The van der Waals surface area contributed by atoms with Gasteiger partial charge >= 0.3 is 6.03 Å². The zero-order valence-corrected chi connectivity index (χ0v) is 32.1. The van der Waals surface area contributed by atoms with E-state index in [-0.39, 0.29) is 30.4 Å². The summed E-state index contributed by atoms with van der Waals surface area (Å²) >= 11 is 25.1. The van der Waals surface area contributed by atoms with Crippen molar-refractivity contribution >= 4 is 64.1 Å². The van der Waals surface area contributed by atoms with Crippen molar-refractivity contribution in [2.75, 3.05) is 66.6 Å². The molecule has 1 atom stereocenters. The molecule has 5 rings (SSSR count). The molecular weight excluding hydrogens is 732 g/mol. The van der Waals surface area contributed by atoms with E-state index in [0.717, 1.165) is 63.1 Å². The molecule has 2 heterocycles. The highest BCUT2D eigenvalue weighted by molar-refractivity contribution is 6.42. The Bertz CT molecular complexity index is 1630. The molecule has 0 aliphatic carbocycles. The van der Waals surface area contributed by atoms with E-state index in [1.165, 1.54) is 7.11 Å². The minimum atomic E-state index is -0.247. The SMILES string of the molecule is CO/N=C(\CN(C)C(=O)c1cc(Cl)cc(Cl)c1)C(CCN1CCC(N2CCCN(CCOCc3ccccc3)C2=O)CC1)c1ccc(Cl)c(Cl)c1. The predicted molar refractivity (Wildman–Crippen MR) is 206 cm³/mol. The molecule has 2 saturated heterocycles. The number of ether oxygens (including phenoxy) is 1. The molecule has 1 unspecified atom stereocenters. The fourth-order valence-corrected chi connectivity index (χ4v) is 7.68. The summed E-state index contributed by atoms with van der Waals surface area (Å²) in [4.78, 5) is 40.2. The van der Waals surface area contributed by atoms with E-state index in [1.807, 2.05) is 47.4 Å². The minimum Gasteiger partial charge on any atom is -0.399 e. The zero-order chi connectivity index (χ0) is 36.3. The molecule has 3 aromatic rings. The molecule has 0 aromatic heterocycles. The van der Waals surface area contributed by atoms with Crippen LogP contribution >= 0.6 is 46.4 Å². The maximum atomic E-state index is 13.5. The second-order valence-electron chi connectivity index (χ2n) is 13.0. The average Bonchev–Trinajstić information content (AvgIpc) is 3.12. The maximum Gasteiger partial charge on any atom is 0.320 e. The van der Waals surface area contributed by atoms with Crippen LogP contribution in [0.4, 0.5) is 4.79 Å². The number of benzene rings is 3. The average molecular weight is 778 g/mol. The molecular formula is C38H45Cl4N5O4. The van der Waals surface area contributed by atoms with Crippen molar-refractivity contribution in [3.05, 3.63) is 104 Å². The molecule has 13 heteroatoms. The molecule has 51 heavy (non-hydrogen) atoms. The second kappa shape index (κ2) is 19.1. The van der Waals surface area contributed by atoms with Crippen molar-refractivity contribution in [2.24, 2.45) is 5.16 Å². The lowest BCUT2D eigenvalue weighted by Gasteiger charge is -2.43. The summed E-state index contributed by atoms with van der Waals surface area (Å²) in [5.41, 5.74) is 3.10. The van der Waals surface area contributed by atoms with Gasteiger partial charge in [-0.05, 0) is 73.7 Å². The lowest BCUT2D eigenvalue weighted by Crippen LogP contribution is -2.56. The molecule has 9 nitrogen and oxygen atoms in total. The van der Waals surface area contributed by atoms with Crippen LogP contribution in [0, 0.1) is 0 Å². The Hall–Kier alpha value is -3.05. The van der Waals surface area contributed by atoms with Crippen LogP contribution in [0.5, 0.6) is 0 Å². The molecule has 2 fully saturated rings. The number of amides is 3. The monoisotopic (exact) mass is 775 g/mol. The normalized spacial score (nSPS) is 16.7. The second-order valence-corrected chi connectivity index (χ2v) is 14.7. The van der Waals surface area contributed by atoms with Gasteiger partial charge in [-0.3, -0.25) is 4.79 Å². The topological polar surface area (TPSA) is 77.9 Å². The summed E-state index contributed by atoms with van der Waals surface area (Å²) in [5.74, 6) is -0.458. The van der Waals surface area contributed by atoms with Gasteiger partial charge in [0.25, 0.3) is 5.91 Å². The Morgan fingerprint density at radius 2 is 1.65 bits per heavy atom. The quantitative estimate of drug-likeness (QED) is 0.0882. The highest BCUT2D eigenvalue weighted by Gasteiger charge is 2.33. The largest absolute Gasteiger partial charge is 0.399 e. The number of urea groups is 1. The van der Waals surface area contributed by atoms with E-state index in [0.29, 0.717) is 57.5 Å². The zero-order valence-electron chi connectivity index (χ0n) is 29.1. The third kappa shape index (κ3) is 11.0. The molecule has 2 aliphatic rings. The van der Waals surface area contributed by atoms with E-state index >= 15 is 0 Å². The fourth-order valence-electron chi connectivity index (χ4n) is 6.84. The highest BCUT2D eigenvalue weighted by atomic mass is 35.5. The summed E-state index contributed by atoms with van der Waals surface area (Å²) in [6.45, 7) is 5.92. The summed E-state index contributed by atoms with van der Waals surface area (Å²) in [5, 5.41) is 6.09. The van der Waals surface area contributed by atoms with Gasteiger partial charge in [0.2, 0.25) is 0 Å². The number of rotatable bonds is 15. The molecule has 0 bridgehead atoms. The van der Waals surface area contributed by atoms with E-state index < -0.39 is 0 Å². The van der Waals surface area contributed by atoms with Crippen molar-refractivity contribution in [3.8, 4) is 0 Å². The van der Waals surface area contributed by atoms with Crippen LogP contribution in [0.1, 0.15) is 53.1 Å². The predicted octanol–water partition coefficient (Wildman–Crippen LogP) is 8.36. The minimum absolute atomic E-state index is 0.113. The van der Waals surface area contributed by atoms with E-state index in [9.17, 15) is 9.59 Å². The first-order chi connectivity index (χ1) is 24.6. The van der Waals surface area contributed by atoms with Gasteiger partial charge in [0.05, 0.1) is 35.5 Å². The Balaban J connectivity index is 1.18. The van der Waals surface area contributed by atoms with Crippen LogP contribution in [0.15, 0.2) is 71.9 Å². The first-order valence-electron chi connectivity index (χ1n) is 17.3. The molecule has 2 aliphatic heterocycles. The van der Waals surface area contributed by atoms with Gasteiger partial charge in [-0.1, -0.05) is 88.0 Å². The summed E-state index contributed by atoms with van der Waals surface area (Å²) in [6, 6.07) is 20.7. The van der Waals surface area contributed by atoms with Crippen LogP contribution in [-0.4, -0.2) is 110 Å². The molecule has 0 saturated carbocycles. The molecule has 0 spiro atoms. The van der Waals surface area contributed by atoms with E-state index in [1.54, 1.807) is 36.2 Å². The smallest absolute Gasteiger partial charge is 0.320 e. The van der Waals surface area contributed by atoms with Crippen molar-refractivity contribution in [1.82, 2.24) is 19.6 Å². The number of carbonyl (C=O) groups is 2. The van der Waals surface area contributed by atoms with E-state index in [4.69, 9.17) is 56.0 Å². The number of hydrogen-bond acceptors (Lipinski definition) is 6. The van der Waals surface area contributed by atoms with Gasteiger partial charge in [0.15, 0.2) is 0 Å². The third-order valence-corrected chi connectivity index (χ3v) is 10.7. The van der Waals surface area contributed by atoms with Gasteiger partial charge in [-0.2, -0.15) is 0 Å². The lowest BCUT2D eigenvalue weighted by atomic mass is 9.89. The number of hydrogen-bond donors (Lipinski definition) is 0. The first-order valence-corrected chi connectivity index (χ1v) is 18.8. The van der Waals surface area contributed by atoms with Crippen LogP contribution in [-0.2, 0) is 16.2 Å². The highest BCUT2D eigenvalue weighted by Crippen LogP contribution is 2.31. The van der Waals surface area contributed by atoms with Crippen LogP contribution in [0.2, 0.25) is 20.1 Å². The number of carbonyl (C=O) groups excluding carboxylic acids is 2. The van der Waals surface area contributed by atoms with Crippen molar-refractivity contribution < 1.29 is 19.2 Å². The summed E-state index contributed by atoms with van der Waals surface area (Å²) in [7, 11) is 3.20. The first kappa shape index (κ1) is 39.2. The molecule has 3 amide bonds. The summed E-state index contributed by atoms with van der Waals surface area (Å²) in [6.07, 6.45) is 3.47. The van der Waals surface area contributed by atoms with Crippen molar-refractivity contribution in [3.63, 3.8) is 0 Å². The van der Waals surface area contributed by atoms with Gasteiger partial charge in [0.1, 0.15) is 7.11 Å². The number of piperidine rings is 1. The number of nitrogens with zero attached hydrogens (tertiary/aromatic N) is 5. The Morgan fingerprint density at radius 3 is 2.33 bits per heavy atom. The van der Waals surface area contributed by atoms with E-state index in [2.05, 4.69) is 15.0 Å². The Kier molecular flexibility index (Phi) is 14.7. The van der Waals surface area contributed by atoms with Gasteiger partial charge < -0.3 is 29.2 Å². The molecule has 0 radical (unpaired) electrons. The van der Waals surface area contributed by atoms with Gasteiger partial charge in [0, 0.05) is 67.3 Å². The number of oxime groups is 1. The fraction of sp³-hybridized carbons (Fsp3) is 0.447. The number of likely N-dealkylation sites (tertiary alicyclic amines) is 1. The standard InChI is InChI=1S/C38H45Cl4N5O4/c1-44(37(48)29-21-30(39)24-31(40)22-29)25-36(43-50-2)33(28-9-10-34(41)35(42)23-28)13-18-45-16-11-32(12-17-45)47-15-6-14-46(38(47)49)19-20-51-26-27-7-4-3-5-8-27/h3-5,7-10,21-24,32-33H,6,11-20,25-26H2,1-2H3/b43-36+. The van der Waals surface area contributed by atoms with Crippen LogP contribution in [0.25, 0.3) is 0 Å². The lowest BCUT2D eigenvalue weighted by molar-refractivity contribution is 0.0574. The van der Waals surface area contributed by atoms with Crippen molar-refractivity contribution in [2.45, 2.75) is 44.2 Å². The molecule has 3 aromatic carbocycles. The Morgan fingerprint density at radius 1 is 0.922 bits per heavy atom. The van der Waals surface area contributed by atoms with Gasteiger partial charge in [-0.25, -0.2) is 4.79 Å².